The van der Waals surface area contributed by atoms with E-state index < -0.39 is 0 Å². The van der Waals surface area contributed by atoms with Gasteiger partial charge in [0.05, 0.1) is 0 Å². The van der Waals surface area contributed by atoms with Crippen LogP contribution in [-0.2, 0) is 9.53 Å². The fourth-order valence-electron chi connectivity index (χ4n) is 11.2. The van der Waals surface area contributed by atoms with Crippen molar-refractivity contribution in [3.05, 3.63) is 11.6 Å². The lowest BCUT2D eigenvalue weighted by Gasteiger charge is -2.71. The third-order valence-electron chi connectivity index (χ3n) is 13.6. The van der Waals surface area contributed by atoms with Crippen LogP contribution in [0.15, 0.2) is 11.6 Å². The summed E-state index contributed by atoms with van der Waals surface area (Å²) in [6.07, 6.45) is 14.6. The highest BCUT2D eigenvalue weighted by molar-refractivity contribution is 5.66. The Labute approximate surface area is 210 Å². The summed E-state index contributed by atoms with van der Waals surface area (Å²) < 4.78 is 5.91. The predicted molar refractivity (Wildman–Crippen MR) is 140 cm³/mol. The van der Waals surface area contributed by atoms with Gasteiger partial charge in [0.1, 0.15) is 6.10 Å². The number of ether oxygens (including phenoxy) is 1. The maximum Gasteiger partial charge on any atom is 0.302 e. The number of carbonyl (C=O) groups excluding carboxylic acids is 1. The van der Waals surface area contributed by atoms with Crippen molar-refractivity contribution in [3.8, 4) is 0 Å². The Kier molecular flexibility index (Phi) is 5.57. The van der Waals surface area contributed by atoms with Crippen LogP contribution in [0.2, 0.25) is 0 Å². The summed E-state index contributed by atoms with van der Waals surface area (Å²) in [5, 5.41) is 0. The molecule has 2 heteroatoms. The third kappa shape index (κ3) is 3.08. The molecule has 0 heterocycles. The van der Waals surface area contributed by atoms with Gasteiger partial charge in [-0.2, -0.15) is 0 Å². The molecular formula is C32H52O2. The summed E-state index contributed by atoms with van der Waals surface area (Å²) in [7, 11) is 0. The minimum atomic E-state index is -0.110. The third-order valence-corrected chi connectivity index (χ3v) is 13.6. The maximum absolute atomic E-state index is 11.9. The second-order valence-corrected chi connectivity index (χ2v) is 15.3. The number of carbonyl (C=O) groups is 1. The van der Waals surface area contributed by atoms with Gasteiger partial charge in [0, 0.05) is 12.3 Å². The van der Waals surface area contributed by atoms with E-state index in [1.54, 1.807) is 6.92 Å². The van der Waals surface area contributed by atoms with Crippen molar-refractivity contribution in [2.24, 2.45) is 56.7 Å². The lowest BCUT2D eigenvalue weighted by molar-refractivity contribution is -0.212. The normalized spacial score (nSPS) is 54.0. The van der Waals surface area contributed by atoms with Crippen molar-refractivity contribution in [2.45, 2.75) is 126 Å². The van der Waals surface area contributed by atoms with E-state index in [-0.39, 0.29) is 17.5 Å². The number of hydrogen-bond donors (Lipinski definition) is 0. The van der Waals surface area contributed by atoms with E-state index in [1.807, 2.05) is 5.57 Å². The van der Waals surface area contributed by atoms with Gasteiger partial charge in [0.25, 0.3) is 0 Å². The molecule has 0 aliphatic heterocycles. The van der Waals surface area contributed by atoms with Crippen LogP contribution >= 0.6 is 0 Å². The van der Waals surface area contributed by atoms with E-state index >= 15 is 0 Å². The molecule has 4 saturated carbocycles. The molecule has 0 amide bonds. The molecule has 10 atom stereocenters. The summed E-state index contributed by atoms with van der Waals surface area (Å²) in [4.78, 5) is 11.9. The number of hydrogen-bond acceptors (Lipinski definition) is 2. The molecule has 0 spiro atoms. The first kappa shape index (κ1) is 24.9. The van der Waals surface area contributed by atoms with Crippen LogP contribution in [0.5, 0.6) is 0 Å². The van der Waals surface area contributed by atoms with E-state index in [4.69, 9.17) is 4.74 Å². The minimum Gasteiger partial charge on any atom is -0.462 e. The first-order valence-electron chi connectivity index (χ1n) is 14.6. The van der Waals surface area contributed by atoms with Crippen molar-refractivity contribution < 1.29 is 9.53 Å². The fraction of sp³-hybridized carbons (Fsp3) is 0.906. The minimum absolute atomic E-state index is 0.0450. The second kappa shape index (κ2) is 7.61. The smallest absolute Gasteiger partial charge is 0.302 e. The number of fused-ring (bicyclic) bond motifs is 7. The molecule has 0 bridgehead atoms. The van der Waals surface area contributed by atoms with Gasteiger partial charge in [0.2, 0.25) is 0 Å². The van der Waals surface area contributed by atoms with Crippen molar-refractivity contribution in [1.82, 2.24) is 0 Å². The quantitative estimate of drug-likeness (QED) is 0.284. The molecule has 6 unspecified atom stereocenters. The van der Waals surface area contributed by atoms with Gasteiger partial charge < -0.3 is 4.74 Å². The van der Waals surface area contributed by atoms with Crippen LogP contribution in [0.25, 0.3) is 0 Å². The average Bonchev–Trinajstić information content (AvgIpc) is 2.74. The lowest BCUT2D eigenvalue weighted by Crippen LogP contribution is -2.65. The van der Waals surface area contributed by atoms with Crippen molar-refractivity contribution in [1.29, 1.82) is 0 Å². The molecule has 192 valence electrons. The molecule has 4 fully saturated rings. The maximum atomic E-state index is 11.9. The van der Waals surface area contributed by atoms with E-state index in [9.17, 15) is 4.79 Å². The zero-order valence-electron chi connectivity index (χ0n) is 23.7. The summed E-state index contributed by atoms with van der Waals surface area (Å²) in [5.41, 5.74) is 3.44. The summed E-state index contributed by atoms with van der Waals surface area (Å²) >= 11 is 0. The molecule has 5 aliphatic rings. The first-order chi connectivity index (χ1) is 15.7. The van der Waals surface area contributed by atoms with Crippen LogP contribution < -0.4 is 0 Å². The fourth-order valence-corrected chi connectivity index (χ4v) is 11.2. The highest BCUT2D eigenvalue weighted by Gasteiger charge is 2.68. The van der Waals surface area contributed by atoms with Crippen LogP contribution in [0.4, 0.5) is 0 Å². The van der Waals surface area contributed by atoms with Crippen molar-refractivity contribution in [2.75, 3.05) is 0 Å². The summed E-state index contributed by atoms with van der Waals surface area (Å²) in [5.74, 6) is 3.66. The zero-order valence-corrected chi connectivity index (χ0v) is 23.7. The lowest BCUT2D eigenvalue weighted by atomic mass is 9.33. The molecular weight excluding hydrogens is 416 g/mol. The van der Waals surface area contributed by atoms with Crippen LogP contribution in [-0.4, -0.2) is 12.1 Å². The summed E-state index contributed by atoms with van der Waals surface area (Å²) in [6, 6.07) is 0. The Balaban J connectivity index is 1.54. The molecule has 5 aliphatic carbocycles. The topological polar surface area (TPSA) is 26.3 Å². The van der Waals surface area contributed by atoms with Gasteiger partial charge in [-0.3, -0.25) is 4.79 Å². The van der Waals surface area contributed by atoms with Gasteiger partial charge in [-0.15, -0.1) is 0 Å². The van der Waals surface area contributed by atoms with Gasteiger partial charge in [-0.25, -0.2) is 0 Å². The highest BCUT2D eigenvalue weighted by atomic mass is 16.5. The number of esters is 1. The first-order valence-corrected chi connectivity index (χ1v) is 14.6. The standard InChI is InChI=1S/C32H52O2/c1-20-12-15-29(6)18-19-31(8)23(27(29)21(20)2)10-11-25-30(7)16-14-26(34-22(3)33)28(4,5)24(30)13-17-32(25,31)9/h10,20-21,24-27H,11-19H2,1-9H3/t20?,21?,24?,25?,26?,27?,29-,30+,31-,32-/m1/s1. The molecule has 2 nitrogen and oxygen atoms in total. The van der Waals surface area contributed by atoms with Crippen molar-refractivity contribution in [3.63, 3.8) is 0 Å². The van der Waals surface area contributed by atoms with Crippen molar-refractivity contribution >= 4 is 5.97 Å². The Bertz CT molecular complexity index is 885. The predicted octanol–water partition coefficient (Wildman–Crippen LogP) is 8.60. The van der Waals surface area contributed by atoms with Gasteiger partial charge >= 0.3 is 5.97 Å². The molecule has 0 N–H and O–H groups in total. The Hall–Kier alpha value is -0.790. The molecule has 0 aromatic rings. The Morgan fingerprint density at radius 1 is 0.882 bits per heavy atom. The van der Waals surface area contributed by atoms with Crippen LogP contribution in [0.1, 0.15) is 120 Å². The van der Waals surface area contributed by atoms with Crippen LogP contribution in [0, 0.1) is 56.7 Å². The Morgan fingerprint density at radius 3 is 2.26 bits per heavy atom. The molecule has 0 aromatic heterocycles. The second-order valence-electron chi connectivity index (χ2n) is 15.3. The van der Waals surface area contributed by atoms with E-state index in [1.165, 1.54) is 51.4 Å². The van der Waals surface area contributed by atoms with E-state index in [0.717, 1.165) is 30.1 Å². The van der Waals surface area contributed by atoms with E-state index in [0.29, 0.717) is 27.6 Å². The SMILES string of the molecule is CC(=O)OC1CC[C@@]2(C)C(CC[C@]3(C)C2CC=C2C4C(C)C(C)CC[C@]4(C)CC[C@]23C)C1(C)C. The highest BCUT2D eigenvalue weighted by Crippen LogP contribution is 2.75. The zero-order chi connectivity index (χ0) is 24.9. The van der Waals surface area contributed by atoms with Crippen LogP contribution in [0.3, 0.4) is 0 Å². The Morgan fingerprint density at radius 2 is 1.59 bits per heavy atom. The molecule has 0 radical (unpaired) electrons. The number of rotatable bonds is 1. The monoisotopic (exact) mass is 468 g/mol. The molecule has 5 rings (SSSR count). The molecule has 0 saturated heterocycles. The van der Waals surface area contributed by atoms with Gasteiger partial charge in [0.15, 0.2) is 0 Å². The largest absolute Gasteiger partial charge is 0.462 e. The molecule has 0 aromatic carbocycles. The summed E-state index contributed by atoms with van der Waals surface area (Å²) in [6.45, 7) is 22.1. The average molecular weight is 469 g/mol. The van der Waals surface area contributed by atoms with Gasteiger partial charge in [-0.1, -0.05) is 67.0 Å². The van der Waals surface area contributed by atoms with Gasteiger partial charge in [-0.05, 0) is 109 Å². The van der Waals surface area contributed by atoms with E-state index in [2.05, 4.69) is 61.5 Å². The molecule has 34 heavy (non-hydrogen) atoms. The number of allylic oxidation sites excluding steroid dienone is 2.